The molecule has 0 spiro atoms. The van der Waals surface area contributed by atoms with Crippen LogP contribution in [0.1, 0.15) is 43.0 Å². The van der Waals surface area contributed by atoms with E-state index >= 15 is 0 Å². The second-order valence-electron chi connectivity index (χ2n) is 4.70. The molecule has 2 rings (SSSR count). The molecule has 2 N–H and O–H groups in total. The lowest BCUT2D eigenvalue weighted by Crippen LogP contribution is -2.37. The van der Waals surface area contributed by atoms with Crippen LogP contribution in [-0.2, 0) is 0 Å². The molecule has 1 saturated carbocycles. The number of carbonyl (C=O) groups is 1. The highest BCUT2D eigenvalue weighted by molar-refractivity contribution is 5.96. The minimum Gasteiger partial charge on any atom is -0.505 e. The molecule has 1 fully saturated rings. The summed E-state index contributed by atoms with van der Waals surface area (Å²) in [5, 5.41) is 12.5. The summed E-state index contributed by atoms with van der Waals surface area (Å²) in [6.45, 7) is 2.03. The van der Waals surface area contributed by atoms with Gasteiger partial charge in [-0.1, -0.05) is 12.8 Å². The van der Waals surface area contributed by atoms with Gasteiger partial charge in [0, 0.05) is 12.2 Å². The Labute approximate surface area is 101 Å². The van der Waals surface area contributed by atoms with Gasteiger partial charge >= 0.3 is 0 Å². The van der Waals surface area contributed by atoms with Gasteiger partial charge in [0.15, 0.2) is 0 Å². The Morgan fingerprint density at radius 1 is 1.53 bits per heavy atom. The molecule has 4 nitrogen and oxygen atoms in total. The number of aromatic nitrogens is 1. The van der Waals surface area contributed by atoms with Crippen molar-refractivity contribution < 1.29 is 9.90 Å². The minimum atomic E-state index is -0.218. The summed E-state index contributed by atoms with van der Waals surface area (Å²) in [6.07, 6.45) is 7.67. The molecule has 1 amide bonds. The largest absolute Gasteiger partial charge is 0.505 e. The van der Waals surface area contributed by atoms with Crippen LogP contribution in [0.2, 0.25) is 0 Å². The van der Waals surface area contributed by atoms with Crippen molar-refractivity contribution in [2.75, 3.05) is 0 Å². The van der Waals surface area contributed by atoms with E-state index in [1.165, 1.54) is 44.1 Å². The normalized spacial score (nSPS) is 17.9. The number of nitrogens with zero attached hydrogens (tertiary/aromatic N) is 1. The van der Waals surface area contributed by atoms with Crippen LogP contribution in [0.4, 0.5) is 0 Å². The number of carbonyl (C=O) groups excluding carboxylic acids is 1. The quantitative estimate of drug-likeness (QED) is 0.841. The SMILES string of the molecule is CC(NC(=O)c1ccncc1O)C1CCCC1. The van der Waals surface area contributed by atoms with Gasteiger partial charge in [-0.25, -0.2) is 0 Å². The third-order valence-electron chi connectivity index (χ3n) is 3.51. The second-order valence-corrected chi connectivity index (χ2v) is 4.70. The smallest absolute Gasteiger partial charge is 0.255 e. The van der Waals surface area contributed by atoms with Gasteiger partial charge in [0.25, 0.3) is 5.91 Å². The van der Waals surface area contributed by atoms with E-state index in [2.05, 4.69) is 10.3 Å². The van der Waals surface area contributed by atoms with Gasteiger partial charge in [-0.3, -0.25) is 9.78 Å². The van der Waals surface area contributed by atoms with E-state index in [0.29, 0.717) is 11.5 Å². The monoisotopic (exact) mass is 234 g/mol. The van der Waals surface area contributed by atoms with Crippen LogP contribution < -0.4 is 5.32 Å². The molecular formula is C13H18N2O2. The molecule has 1 unspecified atom stereocenters. The van der Waals surface area contributed by atoms with Crippen molar-refractivity contribution in [3.63, 3.8) is 0 Å². The molecule has 0 radical (unpaired) electrons. The molecule has 0 aromatic carbocycles. The fourth-order valence-electron chi connectivity index (χ4n) is 2.44. The summed E-state index contributed by atoms with van der Waals surface area (Å²) >= 11 is 0. The van der Waals surface area contributed by atoms with Crippen LogP contribution >= 0.6 is 0 Å². The first-order chi connectivity index (χ1) is 8.18. The first kappa shape index (κ1) is 11.9. The van der Waals surface area contributed by atoms with Gasteiger partial charge in [-0.2, -0.15) is 0 Å². The fraction of sp³-hybridized carbons (Fsp3) is 0.538. The molecular weight excluding hydrogens is 216 g/mol. The second kappa shape index (κ2) is 5.17. The van der Waals surface area contributed by atoms with E-state index in [-0.39, 0.29) is 17.7 Å². The molecule has 1 aromatic heterocycles. The third-order valence-corrected chi connectivity index (χ3v) is 3.51. The van der Waals surface area contributed by atoms with Gasteiger partial charge in [0.1, 0.15) is 5.75 Å². The van der Waals surface area contributed by atoms with Crippen LogP contribution in [-0.4, -0.2) is 22.0 Å². The van der Waals surface area contributed by atoms with E-state index in [1.807, 2.05) is 6.92 Å². The lowest BCUT2D eigenvalue weighted by molar-refractivity contribution is 0.0924. The molecule has 92 valence electrons. The third kappa shape index (κ3) is 2.75. The molecule has 1 aliphatic carbocycles. The van der Waals surface area contributed by atoms with Crippen LogP contribution in [0.15, 0.2) is 18.5 Å². The van der Waals surface area contributed by atoms with Gasteiger partial charge < -0.3 is 10.4 Å². The molecule has 1 aliphatic rings. The van der Waals surface area contributed by atoms with Gasteiger partial charge in [-0.05, 0) is 31.7 Å². The average Bonchev–Trinajstić information content (AvgIpc) is 2.82. The number of pyridine rings is 1. The standard InChI is InChI=1S/C13H18N2O2/c1-9(10-4-2-3-5-10)15-13(17)11-6-7-14-8-12(11)16/h6-10,16H,2-5H2,1H3,(H,15,17). The lowest BCUT2D eigenvalue weighted by atomic mass is 9.99. The molecule has 0 saturated heterocycles. The van der Waals surface area contributed by atoms with Crippen LogP contribution in [0.25, 0.3) is 0 Å². The van der Waals surface area contributed by atoms with Gasteiger partial charge in [0.05, 0.1) is 11.8 Å². The molecule has 0 bridgehead atoms. The minimum absolute atomic E-state index is 0.0661. The van der Waals surface area contributed by atoms with Crippen LogP contribution in [0.3, 0.4) is 0 Å². The van der Waals surface area contributed by atoms with Gasteiger partial charge in [-0.15, -0.1) is 0 Å². The first-order valence-electron chi connectivity index (χ1n) is 6.12. The van der Waals surface area contributed by atoms with Crippen molar-refractivity contribution in [3.8, 4) is 5.75 Å². The summed E-state index contributed by atoms with van der Waals surface area (Å²) in [5.74, 6) is 0.288. The number of amides is 1. The summed E-state index contributed by atoms with van der Waals surface area (Å²) in [7, 11) is 0. The average molecular weight is 234 g/mol. The molecule has 0 aliphatic heterocycles. The number of hydrogen-bond acceptors (Lipinski definition) is 3. The molecule has 4 heteroatoms. The number of hydrogen-bond donors (Lipinski definition) is 2. The zero-order chi connectivity index (χ0) is 12.3. The molecule has 1 aromatic rings. The first-order valence-corrected chi connectivity index (χ1v) is 6.12. The Balaban J connectivity index is 1.99. The van der Waals surface area contributed by atoms with Crippen molar-refractivity contribution >= 4 is 5.91 Å². The van der Waals surface area contributed by atoms with E-state index in [1.54, 1.807) is 0 Å². The molecule has 17 heavy (non-hydrogen) atoms. The molecule has 1 heterocycles. The topological polar surface area (TPSA) is 62.2 Å². The maximum absolute atomic E-state index is 11.9. The van der Waals surface area contributed by atoms with E-state index in [0.717, 1.165) is 0 Å². The zero-order valence-electron chi connectivity index (χ0n) is 10.0. The van der Waals surface area contributed by atoms with E-state index in [9.17, 15) is 9.90 Å². The Kier molecular flexibility index (Phi) is 3.61. The molecule has 1 atom stereocenters. The number of aromatic hydroxyl groups is 1. The number of nitrogens with one attached hydrogen (secondary N) is 1. The Hall–Kier alpha value is -1.58. The van der Waals surface area contributed by atoms with Crippen molar-refractivity contribution in [1.29, 1.82) is 0 Å². The van der Waals surface area contributed by atoms with Crippen molar-refractivity contribution in [1.82, 2.24) is 10.3 Å². The lowest BCUT2D eigenvalue weighted by Gasteiger charge is -2.20. The van der Waals surface area contributed by atoms with E-state index in [4.69, 9.17) is 0 Å². The Bertz CT molecular complexity index is 400. The summed E-state index contributed by atoms with van der Waals surface area (Å²) in [6, 6.07) is 1.70. The summed E-state index contributed by atoms with van der Waals surface area (Å²) < 4.78 is 0. The van der Waals surface area contributed by atoms with Crippen molar-refractivity contribution in [2.45, 2.75) is 38.6 Å². The fourth-order valence-corrected chi connectivity index (χ4v) is 2.44. The Morgan fingerprint density at radius 2 is 2.24 bits per heavy atom. The summed E-state index contributed by atoms with van der Waals surface area (Å²) in [5.41, 5.74) is 0.296. The Morgan fingerprint density at radius 3 is 2.88 bits per heavy atom. The zero-order valence-corrected chi connectivity index (χ0v) is 10.0. The summed E-state index contributed by atoms with van der Waals surface area (Å²) in [4.78, 5) is 15.7. The van der Waals surface area contributed by atoms with Gasteiger partial charge in [0.2, 0.25) is 0 Å². The highest BCUT2D eigenvalue weighted by Gasteiger charge is 2.23. The van der Waals surface area contributed by atoms with Crippen LogP contribution in [0, 0.1) is 5.92 Å². The van der Waals surface area contributed by atoms with Crippen molar-refractivity contribution in [2.24, 2.45) is 5.92 Å². The highest BCUT2D eigenvalue weighted by atomic mass is 16.3. The van der Waals surface area contributed by atoms with E-state index < -0.39 is 0 Å². The maximum Gasteiger partial charge on any atom is 0.255 e. The maximum atomic E-state index is 11.9. The van der Waals surface area contributed by atoms with Crippen LogP contribution in [0.5, 0.6) is 5.75 Å². The highest BCUT2D eigenvalue weighted by Crippen LogP contribution is 2.27. The predicted octanol–water partition coefficient (Wildman–Crippen LogP) is 2.10. The van der Waals surface area contributed by atoms with Crippen molar-refractivity contribution in [3.05, 3.63) is 24.0 Å². The number of rotatable bonds is 3. The predicted molar refractivity (Wildman–Crippen MR) is 64.8 cm³/mol.